The van der Waals surface area contributed by atoms with Crippen LogP contribution in [0.25, 0.3) is 0 Å². The zero-order valence-electron chi connectivity index (χ0n) is 14.4. The highest BCUT2D eigenvalue weighted by Gasteiger charge is 2.31. The number of amides is 1. The van der Waals surface area contributed by atoms with Gasteiger partial charge in [-0.05, 0) is 74.4 Å². The smallest absolute Gasteiger partial charge is 0.264 e. The molecule has 132 valence electrons. The quantitative estimate of drug-likeness (QED) is 0.894. The van der Waals surface area contributed by atoms with E-state index in [0.29, 0.717) is 6.04 Å². The fourth-order valence-corrected chi connectivity index (χ4v) is 5.72. The lowest BCUT2D eigenvalue weighted by molar-refractivity contribution is 0.0241. The number of aliphatic hydroxyl groups is 1. The Morgan fingerprint density at radius 1 is 1.08 bits per heavy atom. The molecule has 0 spiro atoms. The second-order valence-corrected chi connectivity index (χ2v) is 8.47. The summed E-state index contributed by atoms with van der Waals surface area (Å²) in [5.41, 5.74) is 2.77. The monoisotopic (exact) mass is 348 g/mol. The predicted octanol–water partition coefficient (Wildman–Crippen LogP) is 2.69. The molecule has 1 N–H and O–H groups in total. The van der Waals surface area contributed by atoms with E-state index in [4.69, 9.17) is 0 Å². The van der Waals surface area contributed by atoms with Crippen LogP contribution in [-0.4, -0.2) is 59.1 Å². The van der Waals surface area contributed by atoms with E-state index in [2.05, 4.69) is 15.2 Å². The predicted molar refractivity (Wildman–Crippen MR) is 96.7 cm³/mol. The Morgan fingerprint density at radius 3 is 2.67 bits per heavy atom. The molecule has 3 aliphatic rings. The molecule has 0 radical (unpaired) electrons. The molecule has 1 amide bonds. The van der Waals surface area contributed by atoms with Crippen molar-refractivity contribution in [3.05, 3.63) is 21.4 Å². The molecule has 4 nitrogen and oxygen atoms in total. The van der Waals surface area contributed by atoms with Gasteiger partial charge in [0.15, 0.2) is 0 Å². The Hall–Kier alpha value is -0.910. The largest absolute Gasteiger partial charge is 0.392 e. The molecule has 0 unspecified atom stereocenters. The van der Waals surface area contributed by atoms with E-state index in [0.717, 1.165) is 69.6 Å². The van der Waals surface area contributed by atoms with E-state index in [1.54, 1.807) is 11.3 Å². The van der Waals surface area contributed by atoms with E-state index >= 15 is 0 Å². The van der Waals surface area contributed by atoms with Crippen molar-refractivity contribution in [1.29, 1.82) is 0 Å². The van der Waals surface area contributed by atoms with E-state index in [1.165, 1.54) is 24.0 Å². The molecule has 4 rings (SSSR count). The molecular weight excluding hydrogens is 320 g/mol. The minimum Gasteiger partial charge on any atom is -0.392 e. The van der Waals surface area contributed by atoms with Gasteiger partial charge in [0.1, 0.15) is 0 Å². The lowest BCUT2D eigenvalue weighted by atomic mass is 9.93. The zero-order valence-corrected chi connectivity index (χ0v) is 15.2. The third kappa shape index (κ3) is 3.26. The maximum Gasteiger partial charge on any atom is 0.264 e. The molecule has 0 aromatic carbocycles. The Labute approximate surface area is 148 Å². The number of β-amino-alcohol motifs (C(OH)–C–C–N with tert-alkyl or cyclic N) is 1. The Kier molecular flexibility index (Phi) is 4.93. The molecule has 0 saturated carbocycles. The Balaban J connectivity index is 1.37. The number of carbonyl (C=O) groups is 1. The summed E-state index contributed by atoms with van der Waals surface area (Å²) in [6, 6.07) is 0.543. The van der Waals surface area contributed by atoms with Gasteiger partial charge in [0, 0.05) is 25.7 Å². The van der Waals surface area contributed by atoms with Gasteiger partial charge in [0.25, 0.3) is 5.91 Å². The Bertz CT molecular complexity index is 592. The van der Waals surface area contributed by atoms with Gasteiger partial charge >= 0.3 is 0 Å². The van der Waals surface area contributed by atoms with Gasteiger partial charge in [-0.25, -0.2) is 0 Å². The lowest BCUT2D eigenvalue weighted by Crippen LogP contribution is -2.50. The van der Waals surface area contributed by atoms with Gasteiger partial charge < -0.3 is 10.0 Å². The van der Waals surface area contributed by atoms with Crippen LogP contribution in [0, 0.1) is 0 Å². The summed E-state index contributed by atoms with van der Waals surface area (Å²) in [6.45, 7) is 3.65. The van der Waals surface area contributed by atoms with E-state index in [-0.39, 0.29) is 12.0 Å². The number of thiophene rings is 1. The number of carbonyl (C=O) groups excluding carboxylic acids is 1. The van der Waals surface area contributed by atoms with Gasteiger partial charge in [0.2, 0.25) is 0 Å². The van der Waals surface area contributed by atoms with Crippen LogP contribution in [-0.2, 0) is 12.8 Å². The van der Waals surface area contributed by atoms with Crippen LogP contribution >= 0.6 is 11.3 Å². The summed E-state index contributed by atoms with van der Waals surface area (Å²) in [7, 11) is 0. The number of rotatable bonds is 2. The standard InChI is InChI=1S/C19H28N2O2S/c22-16-5-3-9-21(12-16)15-7-10-20(11-8-15)19(23)18-17-6-2-1-4-14(17)13-24-18/h13,15-16,22H,1-12H2/t16-/m1/s1. The van der Waals surface area contributed by atoms with Crippen LogP contribution in [0.2, 0.25) is 0 Å². The molecular formula is C19H28N2O2S. The van der Waals surface area contributed by atoms with Crippen LogP contribution in [0.3, 0.4) is 0 Å². The maximum atomic E-state index is 13.0. The summed E-state index contributed by atoms with van der Waals surface area (Å²) in [6.07, 6.45) is 8.71. The number of fused-ring (bicyclic) bond motifs is 1. The number of likely N-dealkylation sites (tertiary alicyclic amines) is 2. The van der Waals surface area contributed by atoms with Crippen molar-refractivity contribution in [2.24, 2.45) is 0 Å². The second-order valence-electron chi connectivity index (χ2n) is 7.59. The molecule has 0 bridgehead atoms. The highest BCUT2D eigenvalue weighted by atomic mass is 32.1. The highest BCUT2D eigenvalue weighted by Crippen LogP contribution is 2.31. The van der Waals surface area contributed by atoms with Crippen molar-refractivity contribution in [2.45, 2.75) is 63.5 Å². The van der Waals surface area contributed by atoms with Crippen molar-refractivity contribution in [2.75, 3.05) is 26.2 Å². The molecule has 24 heavy (non-hydrogen) atoms. The van der Waals surface area contributed by atoms with Crippen molar-refractivity contribution in [3.8, 4) is 0 Å². The van der Waals surface area contributed by atoms with Gasteiger partial charge in [-0.2, -0.15) is 0 Å². The number of nitrogens with zero attached hydrogens (tertiary/aromatic N) is 2. The minimum absolute atomic E-state index is 0.156. The average Bonchev–Trinajstić information content (AvgIpc) is 3.05. The van der Waals surface area contributed by atoms with Crippen molar-refractivity contribution in [1.82, 2.24) is 9.80 Å². The first-order chi connectivity index (χ1) is 11.7. The molecule has 1 aliphatic carbocycles. The topological polar surface area (TPSA) is 43.8 Å². The van der Waals surface area contributed by atoms with Crippen LogP contribution in [0.4, 0.5) is 0 Å². The van der Waals surface area contributed by atoms with E-state index in [1.807, 2.05) is 0 Å². The number of aryl methyl sites for hydroxylation is 1. The van der Waals surface area contributed by atoms with Crippen molar-refractivity contribution in [3.63, 3.8) is 0 Å². The second kappa shape index (κ2) is 7.14. The molecule has 3 heterocycles. The zero-order chi connectivity index (χ0) is 16.5. The summed E-state index contributed by atoms with van der Waals surface area (Å²) < 4.78 is 0. The van der Waals surface area contributed by atoms with Gasteiger partial charge in [0.05, 0.1) is 11.0 Å². The first-order valence-electron chi connectivity index (χ1n) is 9.53. The Morgan fingerprint density at radius 2 is 1.88 bits per heavy atom. The SMILES string of the molecule is O=C(c1scc2c1CCCC2)N1CCC(N2CCC[C@@H](O)C2)CC1. The molecule has 1 aromatic heterocycles. The van der Waals surface area contributed by atoms with Gasteiger partial charge in [-0.15, -0.1) is 11.3 Å². The third-order valence-corrected chi connectivity index (χ3v) is 7.05. The number of hydrogen-bond acceptors (Lipinski definition) is 4. The van der Waals surface area contributed by atoms with Gasteiger partial charge in [-0.3, -0.25) is 9.69 Å². The van der Waals surface area contributed by atoms with E-state index in [9.17, 15) is 9.90 Å². The average molecular weight is 349 g/mol. The molecule has 5 heteroatoms. The van der Waals surface area contributed by atoms with Crippen LogP contribution in [0.1, 0.15) is 59.3 Å². The van der Waals surface area contributed by atoms with Crippen LogP contribution in [0.5, 0.6) is 0 Å². The van der Waals surface area contributed by atoms with E-state index < -0.39 is 0 Å². The maximum absolute atomic E-state index is 13.0. The van der Waals surface area contributed by atoms with Crippen molar-refractivity contribution < 1.29 is 9.90 Å². The summed E-state index contributed by atoms with van der Waals surface area (Å²) >= 11 is 1.66. The van der Waals surface area contributed by atoms with Crippen molar-refractivity contribution >= 4 is 17.2 Å². The molecule has 2 fully saturated rings. The number of hydrogen-bond donors (Lipinski definition) is 1. The first-order valence-corrected chi connectivity index (χ1v) is 10.4. The third-order valence-electron chi connectivity index (χ3n) is 5.99. The summed E-state index contributed by atoms with van der Waals surface area (Å²) in [5, 5.41) is 12.1. The normalized spacial score (nSPS) is 26.4. The van der Waals surface area contributed by atoms with Crippen LogP contribution in [0.15, 0.2) is 5.38 Å². The first kappa shape index (κ1) is 16.6. The summed E-state index contributed by atoms with van der Waals surface area (Å²) in [5.74, 6) is 0.264. The fourth-order valence-electron chi connectivity index (χ4n) is 4.59. The number of aliphatic hydroxyl groups excluding tert-OH is 1. The molecule has 2 saturated heterocycles. The minimum atomic E-state index is -0.156. The van der Waals surface area contributed by atoms with Crippen LogP contribution < -0.4 is 0 Å². The summed E-state index contributed by atoms with van der Waals surface area (Å²) in [4.78, 5) is 18.5. The lowest BCUT2D eigenvalue weighted by Gasteiger charge is -2.41. The molecule has 1 atom stereocenters. The molecule has 1 aromatic rings. The number of piperidine rings is 2. The molecule has 2 aliphatic heterocycles. The fraction of sp³-hybridized carbons (Fsp3) is 0.737. The van der Waals surface area contributed by atoms with Gasteiger partial charge in [-0.1, -0.05) is 0 Å². The highest BCUT2D eigenvalue weighted by molar-refractivity contribution is 7.12.